The predicted molar refractivity (Wildman–Crippen MR) is 59.4 cm³/mol. The first-order valence-electron chi connectivity index (χ1n) is 4.43. The minimum absolute atomic E-state index is 0.0134. The minimum Gasteiger partial charge on any atom is -0.249 e. The number of hydrogen-bond donors (Lipinski definition) is 0. The summed E-state index contributed by atoms with van der Waals surface area (Å²) in [5, 5.41) is 1.66. The van der Waals surface area contributed by atoms with E-state index in [1.54, 1.807) is 10.9 Å². The highest BCUT2D eigenvalue weighted by molar-refractivity contribution is 7.90. The Morgan fingerprint density at radius 3 is 2.81 bits per heavy atom. The molecule has 0 atom stereocenters. The van der Waals surface area contributed by atoms with Gasteiger partial charge < -0.3 is 0 Å². The fourth-order valence-corrected chi connectivity index (χ4v) is 3.20. The van der Waals surface area contributed by atoms with Crippen LogP contribution >= 0.6 is 11.3 Å². The summed E-state index contributed by atoms with van der Waals surface area (Å²) < 4.78 is 36.6. The average molecular weight is 257 g/mol. The lowest BCUT2D eigenvalue weighted by molar-refractivity contribution is 0.589. The minimum atomic E-state index is -3.50. The molecular formula is C10H8FNO2S2. The average Bonchev–Trinajstić information content (AvgIpc) is 2.70. The molecular weight excluding hydrogens is 249 g/mol. The maximum Gasteiger partial charge on any atom is 0.184 e. The lowest BCUT2D eigenvalue weighted by atomic mass is 10.4. The van der Waals surface area contributed by atoms with Crippen molar-refractivity contribution >= 4 is 21.2 Å². The van der Waals surface area contributed by atoms with Gasteiger partial charge in [0.05, 0.1) is 21.9 Å². The maximum atomic E-state index is 12.9. The number of hydrogen-bond acceptors (Lipinski definition) is 4. The van der Waals surface area contributed by atoms with Crippen LogP contribution in [-0.4, -0.2) is 13.4 Å². The first-order valence-corrected chi connectivity index (χ1v) is 7.03. The normalized spacial score (nSPS) is 11.6. The summed E-state index contributed by atoms with van der Waals surface area (Å²) in [5.41, 5.74) is 2.05. The van der Waals surface area contributed by atoms with Gasteiger partial charge in [0.25, 0.3) is 0 Å². The summed E-state index contributed by atoms with van der Waals surface area (Å²) >= 11 is 1.33. The summed E-state index contributed by atoms with van der Waals surface area (Å²) in [5.74, 6) is -0.751. The number of rotatable bonds is 3. The molecule has 0 saturated heterocycles. The monoisotopic (exact) mass is 257 g/mol. The summed E-state index contributed by atoms with van der Waals surface area (Å²) in [4.78, 5) is 3.88. The molecule has 2 aromatic rings. The zero-order valence-electron chi connectivity index (χ0n) is 8.13. The largest absolute Gasteiger partial charge is 0.249 e. The Hall–Kier alpha value is -1.27. The van der Waals surface area contributed by atoms with Crippen LogP contribution in [0.15, 0.2) is 40.1 Å². The quantitative estimate of drug-likeness (QED) is 0.847. The van der Waals surface area contributed by atoms with E-state index >= 15 is 0 Å². The van der Waals surface area contributed by atoms with E-state index in [-0.39, 0.29) is 10.6 Å². The molecule has 16 heavy (non-hydrogen) atoms. The van der Waals surface area contributed by atoms with Gasteiger partial charge in [-0.3, -0.25) is 0 Å². The van der Waals surface area contributed by atoms with Crippen molar-refractivity contribution < 1.29 is 12.8 Å². The van der Waals surface area contributed by atoms with Gasteiger partial charge in [-0.25, -0.2) is 17.8 Å². The Balaban J connectivity index is 2.33. The molecule has 0 aliphatic carbocycles. The molecule has 1 aromatic carbocycles. The van der Waals surface area contributed by atoms with Gasteiger partial charge in [-0.05, 0) is 18.2 Å². The molecule has 0 unspecified atom stereocenters. The molecule has 84 valence electrons. The summed E-state index contributed by atoms with van der Waals surface area (Å²) in [7, 11) is -3.50. The molecule has 1 aromatic heterocycles. The SMILES string of the molecule is O=S(=O)(Cc1cscn1)c1cccc(F)c1. The fraction of sp³-hybridized carbons (Fsp3) is 0.100. The molecule has 0 radical (unpaired) electrons. The Kier molecular flexibility index (Phi) is 3.02. The molecule has 0 saturated carbocycles. The molecule has 0 N–H and O–H groups in total. The highest BCUT2D eigenvalue weighted by atomic mass is 32.2. The third-order valence-corrected chi connectivity index (χ3v) is 4.26. The van der Waals surface area contributed by atoms with Gasteiger partial charge in [0.1, 0.15) is 5.82 Å². The Morgan fingerprint density at radius 1 is 1.38 bits per heavy atom. The van der Waals surface area contributed by atoms with E-state index in [9.17, 15) is 12.8 Å². The second-order valence-corrected chi connectivity index (χ2v) is 5.90. The highest BCUT2D eigenvalue weighted by Gasteiger charge is 2.16. The van der Waals surface area contributed by atoms with Crippen molar-refractivity contribution in [2.24, 2.45) is 0 Å². The van der Waals surface area contributed by atoms with Gasteiger partial charge in [-0.15, -0.1) is 11.3 Å². The van der Waals surface area contributed by atoms with Crippen LogP contribution < -0.4 is 0 Å². The van der Waals surface area contributed by atoms with E-state index in [1.165, 1.54) is 29.5 Å². The van der Waals surface area contributed by atoms with Crippen LogP contribution in [0.3, 0.4) is 0 Å². The van der Waals surface area contributed by atoms with Gasteiger partial charge in [-0.1, -0.05) is 6.07 Å². The van der Waals surface area contributed by atoms with Gasteiger partial charge in [-0.2, -0.15) is 0 Å². The van der Waals surface area contributed by atoms with E-state index in [2.05, 4.69) is 4.98 Å². The number of sulfone groups is 1. The first-order chi connectivity index (χ1) is 7.58. The molecule has 1 heterocycles. The van der Waals surface area contributed by atoms with Crippen LogP contribution in [0.2, 0.25) is 0 Å². The Morgan fingerprint density at radius 2 is 2.19 bits per heavy atom. The van der Waals surface area contributed by atoms with E-state index < -0.39 is 15.7 Å². The molecule has 0 spiro atoms. The van der Waals surface area contributed by atoms with Crippen molar-refractivity contribution in [1.29, 1.82) is 0 Å². The third kappa shape index (κ3) is 2.45. The zero-order valence-corrected chi connectivity index (χ0v) is 9.76. The third-order valence-electron chi connectivity index (χ3n) is 1.98. The summed E-state index contributed by atoms with van der Waals surface area (Å²) in [6.07, 6.45) is 0. The molecule has 0 aliphatic rings. The Labute approximate surface area is 96.5 Å². The van der Waals surface area contributed by atoms with Gasteiger partial charge in [0, 0.05) is 5.38 Å². The fourth-order valence-electron chi connectivity index (χ4n) is 1.25. The lowest BCUT2D eigenvalue weighted by Crippen LogP contribution is -2.05. The number of thiazole rings is 1. The zero-order chi connectivity index (χ0) is 11.6. The van der Waals surface area contributed by atoms with Gasteiger partial charge >= 0.3 is 0 Å². The van der Waals surface area contributed by atoms with E-state index in [4.69, 9.17) is 0 Å². The number of nitrogens with zero attached hydrogens (tertiary/aromatic N) is 1. The van der Waals surface area contributed by atoms with Crippen LogP contribution in [0.1, 0.15) is 5.69 Å². The van der Waals surface area contributed by atoms with Crippen molar-refractivity contribution in [2.45, 2.75) is 10.6 Å². The second-order valence-electron chi connectivity index (χ2n) is 3.20. The smallest absolute Gasteiger partial charge is 0.184 e. The van der Waals surface area contributed by atoms with Gasteiger partial charge in [0.2, 0.25) is 0 Å². The summed E-state index contributed by atoms with van der Waals surface area (Å²) in [6, 6.07) is 4.98. The molecule has 0 amide bonds. The van der Waals surface area contributed by atoms with Crippen LogP contribution in [0.25, 0.3) is 0 Å². The van der Waals surface area contributed by atoms with Crippen molar-refractivity contribution in [2.75, 3.05) is 0 Å². The predicted octanol–water partition coefficient (Wildman–Crippen LogP) is 2.26. The van der Waals surface area contributed by atoms with Crippen LogP contribution in [0.4, 0.5) is 4.39 Å². The molecule has 0 aliphatic heterocycles. The number of halogens is 1. The van der Waals surface area contributed by atoms with Crippen molar-refractivity contribution in [3.8, 4) is 0 Å². The van der Waals surface area contributed by atoms with Gasteiger partial charge in [0.15, 0.2) is 9.84 Å². The van der Waals surface area contributed by atoms with Crippen molar-refractivity contribution in [3.63, 3.8) is 0 Å². The topological polar surface area (TPSA) is 47.0 Å². The first kappa shape index (κ1) is 11.2. The van der Waals surface area contributed by atoms with E-state index in [0.29, 0.717) is 5.69 Å². The maximum absolute atomic E-state index is 12.9. The van der Waals surface area contributed by atoms with Crippen LogP contribution in [0, 0.1) is 5.82 Å². The molecule has 6 heteroatoms. The van der Waals surface area contributed by atoms with Crippen LogP contribution in [0.5, 0.6) is 0 Å². The van der Waals surface area contributed by atoms with E-state index in [1.807, 2.05) is 0 Å². The second kappa shape index (κ2) is 4.31. The summed E-state index contributed by atoms with van der Waals surface area (Å²) in [6.45, 7) is 0. The standard InChI is InChI=1S/C10H8FNO2S2/c11-8-2-1-3-10(4-8)16(13,14)6-9-5-15-7-12-9/h1-5,7H,6H2. The lowest BCUT2D eigenvalue weighted by Gasteiger charge is -2.02. The van der Waals surface area contributed by atoms with Crippen LogP contribution in [-0.2, 0) is 15.6 Å². The molecule has 3 nitrogen and oxygen atoms in total. The van der Waals surface area contributed by atoms with Crippen molar-refractivity contribution in [3.05, 3.63) is 46.7 Å². The molecule has 2 rings (SSSR count). The number of benzene rings is 1. The van der Waals surface area contributed by atoms with Crippen molar-refractivity contribution in [1.82, 2.24) is 4.98 Å². The highest BCUT2D eigenvalue weighted by Crippen LogP contribution is 2.17. The van der Waals surface area contributed by atoms with E-state index in [0.717, 1.165) is 6.07 Å². The number of aromatic nitrogens is 1. The molecule has 0 bridgehead atoms. The molecule has 0 fully saturated rings. The Bertz CT molecular complexity index is 579.